The minimum atomic E-state index is -0.352. The van der Waals surface area contributed by atoms with Gasteiger partial charge >= 0.3 is 0 Å². The largest absolute Gasteiger partial charge is 0.399 e. The van der Waals surface area contributed by atoms with E-state index >= 15 is 0 Å². The Bertz CT molecular complexity index is 439. The van der Waals surface area contributed by atoms with Gasteiger partial charge in [0.15, 0.2) is 0 Å². The van der Waals surface area contributed by atoms with Crippen LogP contribution in [0.5, 0.6) is 0 Å². The molecule has 0 fully saturated rings. The summed E-state index contributed by atoms with van der Waals surface area (Å²) in [6, 6.07) is 4.55. The molecule has 1 aromatic carbocycles. The van der Waals surface area contributed by atoms with Crippen molar-refractivity contribution in [2.24, 2.45) is 0 Å². The Kier molecular flexibility index (Phi) is 2.53. The normalized spacial score (nSPS) is 10.2. The first kappa shape index (κ1) is 9.51. The Morgan fingerprint density at radius 1 is 1.47 bits per heavy atom. The lowest BCUT2D eigenvalue weighted by molar-refractivity contribution is 0.630. The van der Waals surface area contributed by atoms with Crippen LogP contribution in [0.4, 0.5) is 15.8 Å². The molecule has 0 spiro atoms. The number of anilines is 2. The van der Waals surface area contributed by atoms with Gasteiger partial charge in [-0.25, -0.2) is 9.37 Å². The van der Waals surface area contributed by atoms with Gasteiger partial charge in [0.1, 0.15) is 5.82 Å². The summed E-state index contributed by atoms with van der Waals surface area (Å²) in [5.74, 6) is -0.352. The maximum atomic E-state index is 13.3. The van der Waals surface area contributed by atoms with Crippen molar-refractivity contribution in [3.63, 3.8) is 0 Å². The molecule has 0 atom stereocenters. The van der Waals surface area contributed by atoms with E-state index in [0.29, 0.717) is 17.9 Å². The number of nitrogens with one attached hydrogen (secondary N) is 2. The molecule has 0 amide bonds. The smallest absolute Gasteiger partial charge is 0.148 e. The number of H-pyrrole nitrogens is 1. The third-order valence-corrected chi connectivity index (χ3v) is 2.02. The number of hydrogen-bond acceptors (Lipinski definition) is 3. The van der Waals surface area contributed by atoms with E-state index in [0.717, 1.165) is 5.69 Å². The molecule has 0 radical (unpaired) electrons. The Morgan fingerprint density at radius 3 is 3.00 bits per heavy atom. The first-order valence-corrected chi connectivity index (χ1v) is 4.52. The number of aromatic nitrogens is 2. The molecule has 0 unspecified atom stereocenters. The van der Waals surface area contributed by atoms with Crippen molar-refractivity contribution >= 4 is 11.4 Å². The van der Waals surface area contributed by atoms with Crippen molar-refractivity contribution in [3.05, 3.63) is 42.2 Å². The van der Waals surface area contributed by atoms with E-state index in [2.05, 4.69) is 15.3 Å². The molecule has 0 saturated carbocycles. The predicted octanol–water partition coefficient (Wildman–Crippen LogP) is 1.74. The summed E-state index contributed by atoms with van der Waals surface area (Å²) in [5, 5.41) is 2.94. The zero-order valence-corrected chi connectivity index (χ0v) is 8.00. The van der Waals surface area contributed by atoms with E-state index in [-0.39, 0.29) is 5.82 Å². The van der Waals surface area contributed by atoms with Crippen molar-refractivity contribution in [1.82, 2.24) is 9.97 Å². The van der Waals surface area contributed by atoms with Crippen LogP contribution in [0.25, 0.3) is 0 Å². The van der Waals surface area contributed by atoms with Crippen molar-refractivity contribution in [2.75, 3.05) is 11.1 Å². The van der Waals surface area contributed by atoms with Crippen LogP contribution in [0.15, 0.2) is 30.7 Å². The summed E-state index contributed by atoms with van der Waals surface area (Å²) in [6.45, 7) is 0.501. The highest BCUT2D eigenvalue weighted by atomic mass is 19.1. The second-order valence-corrected chi connectivity index (χ2v) is 3.17. The fourth-order valence-electron chi connectivity index (χ4n) is 1.25. The first-order chi connectivity index (χ1) is 7.25. The van der Waals surface area contributed by atoms with Gasteiger partial charge < -0.3 is 16.0 Å². The number of rotatable bonds is 3. The number of imidazole rings is 1. The summed E-state index contributed by atoms with van der Waals surface area (Å²) in [6.07, 6.45) is 3.26. The van der Waals surface area contributed by atoms with Gasteiger partial charge in [0.05, 0.1) is 24.3 Å². The predicted molar refractivity (Wildman–Crippen MR) is 56.7 cm³/mol. The minimum absolute atomic E-state index is 0.352. The van der Waals surface area contributed by atoms with E-state index in [1.165, 1.54) is 6.07 Å². The van der Waals surface area contributed by atoms with Crippen LogP contribution >= 0.6 is 0 Å². The molecule has 5 heteroatoms. The summed E-state index contributed by atoms with van der Waals surface area (Å²) in [7, 11) is 0. The van der Waals surface area contributed by atoms with Gasteiger partial charge in [-0.2, -0.15) is 0 Å². The van der Waals surface area contributed by atoms with Crippen molar-refractivity contribution in [1.29, 1.82) is 0 Å². The molecule has 4 nitrogen and oxygen atoms in total. The van der Waals surface area contributed by atoms with Gasteiger partial charge in [-0.1, -0.05) is 0 Å². The molecule has 0 saturated heterocycles. The van der Waals surface area contributed by atoms with Gasteiger partial charge in [-0.3, -0.25) is 0 Å². The van der Waals surface area contributed by atoms with Gasteiger partial charge in [-0.15, -0.1) is 0 Å². The lowest BCUT2D eigenvalue weighted by Gasteiger charge is -2.06. The topological polar surface area (TPSA) is 66.7 Å². The molecular weight excluding hydrogens is 195 g/mol. The van der Waals surface area contributed by atoms with E-state index in [9.17, 15) is 4.39 Å². The van der Waals surface area contributed by atoms with Gasteiger partial charge in [0.25, 0.3) is 0 Å². The number of nitrogens with zero attached hydrogens (tertiary/aromatic N) is 1. The fraction of sp³-hybridized carbons (Fsp3) is 0.100. The van der Waals surface area contributed by atoms with Crippen molar-refractivity contribution < 1.29 is 4.39 Å². The van der Waals surface area contributed by atoms with Crippen molar-refractivity contribution in [2.45, 2.75) is 6.54 Å². The van der Waals surface area contributed by atoms with Gasteiger partial charge in [0.2, 0.25) is 0 Å². The number of nitrogen functional groups attached to an aromatic ring is 1. The Balaban J connectivity index is 2.05. The van der Waals surface area contributed by atoms with Crippen molar-refractivity contribution in [3.8, 4) is 0 Å². The highest BCUT2D eigenvalue weighted by Gasteiger charge is 2.01. The lowest BCUT2D eigenvalue weighted by atomic mass is 10.2. The third-order valence-electron chi connectivity index (χ3n) is 2.02. The molecule has 78 valence electrons. The van der Waals surface area contributed by atoms with Crippen LogP contribution in [-0.4, -0.2) is 9.97 Å². The molecule has 0 bridgehead atoms. The van der Waals surface area contributed by atoms with Gasteiger partial charge in [-0.05, 0) is 18.2 Å². The number of halogens is 1. The standard InChI is InChI=1S/C10H11FN4/c11-9-3-7(12)1-2-10(9)14-5-8-4-13-6-15-8/h1-4,6,14H,5,12H2,(H,13,15). The number of aromatic amines is 1. The third kappa shape index (κ3) is 2.25. The summed E-state index contributed by atoms with van der Waals surface area (Å²) in [4.78, 5) is 6.78. The van der Waals surface area contributed by atoms with E-state index in [1.807, 2.05) is 0 Å². The van der Waals surface area contributed by atoms with E-state index in [4.69, 9.17) is 5.73 Å². The second-order valence-electron chi connectivity index (χ2n) is 3.17. The Labute approximate surface area is 86.3 Å². The zero-order chi connectivity index (χ0) is 10.7. The van der Waals surface area contributed by atoms with Crippen LogP contribution in [0, 0.1) is 5.82 Å². The SMILES string of the molecule is Nc1ccc(NCc2cnc[nH]2)c(F)c1. The molecule has 0 aliphatic carbocycles. The maximum Gasteiger partial charge on any atom is 0.148 e. The minimum Gasteiger partial charge on any atom is -0.399 e. The number of hydrogen-bond donors (Lipinski definition) is 3. The summed E-state index contributed by atoms with van der Waals surface area (Å²) >= 11 is 0. The molecule has 2 rings (SSSR count). The van der Waals surface area contributed by atoms with Gasteiger partial charge in [0, 0.05) is 11.9 Å². The summed E-state index contributed by atoms with van der Waals surface area (Å²) in [5.41, 5.74) is 7.17. The summed E-state index contributed by atoms with van der Waals surface area (Å²) < 4.78 is 13.3. The Morgan fingerprint density at radius 2 is 2.33 bits per heavy atom. The number of nitrogens with two attached hydrogens (primary N) is 1. The lowest BCUT2D eigenvalue weighted by Crippen LogP contribution is -2.02. The number of benzene rings is 1. The molecular formula is C10H11FN4. The fourth-order valence-corrected chi connectivity index (χ4v) is 1.25. The molecule has 0 aliphatic heterocycles. The van der Waals surface area contributed by atoms with E-state index < -0.39 is 0 Å². The Hall–Kier alpha value is -2.04. The maximum absolute atomic E-state index is 13.3. The van der Waals surface area contributed by atoms with Crippen LogP contribution in [0.2, 0.25) is 0 Å². The van der Waals surface area contributed by atoms with Crippen LogP contribution in [0.1, 0.15) is 5.69 Å². The van der Waals surface area contributed by atoms with Crippen LogP contribution in [-0.2, 0) is 6.54 Å². The molecule has 1 heterocycles. The zero-order valence-electron chi connectivity index (χ0n) is 8.00. The molecule has 1 aromatic heterocycles. The average Bonchev–Trinajstić information content (AvgIpc) is 2.69. The molecule has 0 aliphatic rings. The highest BCUT2D eigenvalue weighted by Crippen LogP contribution is 2.17. The average molecular weight is 206 g/mol. The second kappa shape index (κ2) is 4.00. The van der Waals surface area contributed by atoms with Crippen LogP contribution in [0.3, 0.4) is 0 Å². The highest BCUT2D eigenvalue weighted by molar-refractivity contribution is 5.52. The molecule has 15 heavy (non-hydrogen) atoms. The molecule has 2 aromatic rings. The monoisotopic (exact) mass is 206 g/mol. The van der Waals surface area contributed by atoms with E-state index in [1.54, 1.807) is 24.7 Å². The quantitative estimate of drug-likeness (QED) is 0.670. The van der Waals surface area contributed by atoms with Crippen LogP contribution < -0.4 is 11.1 Å². The molecule has 4 N–H and O–H groups in total. The first-order valence-electron chi connectivity index (χ1n) is 4.52.